The first-order valence-corrected chi connectivity index (χ1v) is 7.57. The Hall–Kier alpha value is -1.22. The zero-order valence-corrected chi connectivity index (χ0v) is 12.0. The van der Waals surface area contributed by atoms with Crippen molar-refractivity contribution in [2.45, 2.75) is 32.6 Å². The fraction of sp³-hybridized carbons (Fsp3) is 0.625. The lowest BCUT2D eigenvalue weighted by Crippen LogP contribution is -2.29. The van der Waals surface area contributed by atoms with E-state index in [0.717, 1.165) is 31.1 Å². The number of likely N-dealkylation sites (tertiary alicyclic amines) is 1. The van der Waals surface area contributed by atoms with Crippen LogP contribution < -0.4 is 10.1 Å². The van der Waals surface area contributed by atoms with Crippen LogP contribution in [0.4, 0.5) is 5.69 Å². The number of rotatable bonds is 6. The highest BCUT2D eigenvalue weighted by atomic mass is 16.5. The molecule has 0 atom stereocenters. The molecule has 1 fully saturated rings. The largest absolute Gasteiger partial charge is 0.494 e. The standard InChI is InChI=1S/C16H26N2O/c1-2-19-16-9-7-8-15(14-16)17-10-13-18-11-5-3-4-6-12-18/h7-9,14,17H,2-6,10-13H2,1H3. The summed E-state index contributed by atoms with van der Waals surface area (Å²) >= 11 is 0. The van der Waals surface area contributed by atoms with Crippen molar-refractivity contribution in [2.24, 2.45) is 0 Å². The van der Waals surface area contributed by atoms with E-state index in [1.807, 2.05) is 19.1 Å². The summed E-state index contributed by atoms with van der Waals surface area (Å²) in [6.45, 7) is 7.41. The Morgan fingerprint density at radius 3 is 2.68 bits per heavy atom. The van der Waals surface area contributed by atoms with Crippen LogP contribution in [0.5, 0.6) is 5.75 Å². The first kappa shape index (κ1) is 14.2. The van der Waals surface area contributed by atoms with E-state index in [2.05, 4.69) is 22.3 Å². The van der Waals surface area contributed by atoms with Crippen molar-refractivity contribution >= 4 is 5.69 Å². The Bertz CT molecular complexity index is 360. The fourth-order valence-corrected chi connectivity index (χ4v) is 2.58. The van der Waals surface area contributed by atoms with Gasteiger partial charge in [0, 0.05) is 24.8 Å². The van der Waals surface area contributed by atoms with Crippen LogP contribution >= 0.6 is 0 Å². The lowest BCUT2D eigenvalue weighted by Gasteiger charge is -2.20. The minimum absolute atomic E-state index is 0.719. The Kier molecular flexibility index (Phi) is 6.02. The molecule has 0 aromatic heterocycles. The average Bonchev–Trinajstić information content (AvgIpc) is 2.68. The van der Waals surface area contributed by atoms with Crippen molar-refractivity contribution in [3.8, 4) is 5.75 Å². The smallest absolute Gasteiger partial charge is 0.121 e. The number of hydrogen-bond donors (Lipinski definition) is 1. The van der Waals surface area contributed by atoms with Gasteiger partial charge < -0.3 is 15.0 Å². The van der Waals surface area contributed by atoms with Crippen LogP contribution in [0.15, 0.2) is 24.3 Å². The van der Waals surface area contributed by atoms with Gasteiger partial charge in [-0.3, -0.25) is 0 Å². The third-order valence-corrected chi connectivity index (χ3v) is 3.60. The zero-order chi connectivity index (χ0) is 13.3. The second kappa shape index (κ2) is 8.05. The van der Waals surface area contributed by atoms with E-state index in [-0.39, 0.29) is 0 Å². The lowest BCUT2D eigenvalue weighted by atomic mass is 10.2. The molecule has 0 saturated carbocycles. The predicted molar refractivity (Wildman–Crippen MR) is 81.0 cm³/mol. The first-order valence-electron chi connectivity index (χ1n) is 7.57. The van der Waals surface area contributed by atoms with Crippen molar-refractivity contribution in [1.29, 1.82) is 0 Å². The highest BCUT2D eigenvalue weighted by molar-refractivity contribution is 5.48. The Balaban J connectivity index is 1.73. The topological polar surface area (TPSA) is 24.5 Å². The number of anilines is 1. The van der Waals surface area contributed by atoms with Gasteiger partial charge >= 0.3 is 0 Å². The highest BCUT2D eigenvalue weighted by Crippen LogP contribution is 2.17. The molecule has 106 valence electrons. The third kappa shape index (κ3) is 5.11. The molecule has 19 heavy (non-hydrogen) atoms. The van der Waals surface area contributed by atoms with E-state index in [1.54, 1.807) is 0 Å². The van der Waals surface area contributed by atoms with E-state index in [4.69, 9.17) is 4.74 Å². The monoisotopic (exact) mass is 262 g/mol. The number of nitrogens with one attached hydrogen (secondary N) is 1. The minimum Gasteiger partial charge on any atom is -0.494 e. The van der Waals surface area contributed by atoms with Gasteiger partial charge in [-0.15, -0.1) is 0 Å². The van der Waals surface area contributed by atoms with Gasteiger partial charge in [0.05, 0.1) is 6.61 Å². The predicted octanol–water partition coefficient (Wildman–Crippen LogP) is 3.37. The zero-order valence-electron chi connectivity index (χ0n) is 12.0. The van der Waals surface area contributed by atoms with Crippen LogP contribution in [0.2, 0.25) is 0 Å². The van der Waals surface area contributed by atoms with Crippen molar-refractivity contribution in [2.75, 3.05) is 38.1 Å². The Morgan fingerprint density at radius 1 is 1.16 bits per heavy atom. The molecule has 1 aromatic rings. The maximum absolute atomic E-state index is 5.51. The second-order valence-corrected chi connectivity index (χ2v) is 5.14. The molecule has 0 bridgehead atoms. The molecule has 1 N–H and O–H groups in total. The van der Waals surface area contributed by atoms with E-state index in [9.17, 15) is 0 Å². The van der Waals surface area contributed by atoms with Crippen LogP contribution in [0.3, 0.4) is 0 Å². The summed E-state index contributed by atoms with van der Waals surface area (Å²) in [6, 6.07) is 8.22. The van der Waals surface area contributed by atoms with Gasteiger partial charge in [0.1, 0.15) is 5.75 Å². The Labute approximate surface area is 116 Å². The molecule has 3 nitrogen and oxygen atoms in total. The van der Waals surface area contributed by atoms with Gasteiger partial charge in [-0.25, -0.2) is 0 Å². The minimum atomic E-state index is 0.719. The van der Waals surface area contributed by atoms with Gasteiger partial charge in [-0.05, 0) is 45.0 Å². The van der Waals surface area contributed by atoms with Crippen molar-refractivity contribution < 1.29 is 4.74 Å². The maximum atomic E-state index is 5.51. The van der Waals surface area contributed by atoms with Gasteiger partial charge in [0.25, 0.3) is 0 Å². The summed E-state index contributed by atoms with van der Waals surface area (Å²) in [4.78, 5) is 2.58. The number of ether oxygens (including phenoxy) is 1. The summed E-state index contributed by atoms with van der Waals surface area (Å²) in [5.74, 6) is 0.947. The molecule has 1 aliphatic rings. The van der Waals surface area contributed by atoms with Gasteiger partial charge in [-0.1, -0.05) is 18.9 Å². The lowest BCUT2D eigenvalue weighted by molar-refractivity contribution is 0.296. The number of benzene rings is 1. The van der Waals surface area contributed by atoms with Gasteiger partial charge in [0.15, 0.2) is 0 Å². The molecule has 1 saturated heterocycles. The maximum Gasteiger partial charge on any atom is 0.121 e. The molecule has 2 rings (SSSR count). The molecular formula is C16H26N2O. The van der Waals surface area contributed by atoms with Crippen molar-refractivity contribution in [1.82, 2.24) is 4.90 Å². The van der Waals surface area contributed by atoms with Crippen molar-refractivity contribution in [3.05, 3.63) is 24.3 Å². The van der Waals surface area contributed by atoms with Crippen LogP contribution in [0, 0.1) is 0 Å². The molecule has 0 amide bonds. The van der Waals surface area contributed by atoms with Crippen LogP contribution in [-0.2, 0) is 0 Å². The number of hydrogen-bond acceptors (Lipinski definition) is 3. The second-order valence-electron chi connectivity index (χ2n) is 5.14. The quantitative estimate of drug-likeness (QED) is 0.850. The summed E-state index contributed by atoms with van der Waals surface area (Å²) in [5.41, 5.74) is 1.15. The molecule has 1 aliphatic heterocycles. The molecule has 3 heteroatoms. The van der Waals surface area contributed by atoms with Crippen LogP contribution in [0.25, 0.3) is 0 Å². The molecule has 0 radical (unpaired) electrons. The molecule has 0 spiro atoms. The van der Waals surface area contributed by atoms with Gasteiger partial charge in [0.2, 0.25) is 0 Å². The summed E-state index contributed by atoms with van der Waals surface area (Å²) in [6.07, 6.45) is 5.53. The SMILES string of the molecule is CCOc1cccc(NCCN2CCCCCC2)c1. The molecule has 0 unspecified atom stereocenters. The third-order valence-electron chi connectivity index (χ3n) is 3.60. The fourth-order valence-electron chi connectivity index (χ4n) is 2.58. The van der Waals surface area contributed by atoms with Crippen LogP contribution in [0.1, 0.15) is 32.6 Å². The van der Waals surface area contributed by atoms with Crippen LogP contribution in [-0.4, -0.2) is 37.7 Å². The molecule has 1 aromatic carbocycles. The van der Waals surface area contributed by atoms with E-state index in [1.165, 1.54) is 38.8 Å². The number of nitrogens with zero attached hydrogens (tertiary/aromatic N) is 1. The van der Waals surface area contributed by atoms with Crippen molar-refractivity contribution in [3.63, 3.8) is 0 Å². The molecule has 0 aliphatic carbocycles. The molecule has 1 heterocycles. The summed E-state index contributed by atoms with van der Waals surface area (Å²) in [5, 5.41) is 3.49. The summed E-state index contributed by atoms with van der Waals surface area (Å²) in [7, 11) is 0. The van der Waals surface area contributed by atoms with E-state index >= 15 is 0 Å². The summed E-state index contributed by atoms with van der Waals surface area (Å²) < 4.78 is 5.51. The highest BCUT2D eigenvalue weighted by Gasteiger charge is 2.07. The van der Waals surface area contributed by atoms with E-state index in [0.29, 0.717) is 0 Å². The van der Waals surface area contributed by atoms with Gasteiger partial charge in [-0.2, -0.15) is 0 Å². The normalized spacial score (nSPS) is 16.9. The molecular weight excluding hydrogens is 236 g/mol. The Morgan fingerprint density at radius 2 is 1.95 bits per heavy atom. The van der Waals surface area contributed by atoms with E-state index < -0.39 is 0 Å². The first-order chi connectivity index (χ1) is 9.38. The average molecular weight is 262 g/mol.